The first-order valence-corrected chi connectivity index (χ1v) is 14.0. The molecule has 0 fully saturated rings. The summed E-state index contributed by atoms with van der Waals surface area (Å²) in [5.41, 5.74) is 4.52. The van der Waals surface area contributed by atoms with E-state index in [-0.39, 0.29) is 5.56 Å². The van der Waals surface area contributed by atoms with Crippen molar-refractivity contribution >= 4 is 43.9 Å². The van der Waals surface area contributed by atoms with Gasteiger partial charge < -0.3 is 4.74 Å². The van der Waals surface area contributed by atoms with Gasteiger partial charge in [0, 0.05) is 12.3 Å². The number of amides is 1. The lowest BCUT2D eigenvalue weighted by molar-refractivity contribution is -0.387. The Hall–Kier alpha value is -5.03. The van der Waals surface area contributed by atoms with Gasteiger partial charge >= 0.3 is 5.97 Å². The highest BCUT2D eigenvalue weighted by Gasteiger charge is 2.32. The number of hydrogen-bond acceptors (Lipinski definition) is 8. The van der Waals surface area contributed by atoms with Gasteiger partial charge in [0.25, 0.3) is 11.6 Å². The summed E-state index contributed by atoms with van der Waals surface area (Å²) in [6, 6.07) is 25.6. The zero-order valence-electron chi connectivity index (χ0n) is 21.2. The third-order valence-electron chi connectivity index (χ3n) is 6.43. The molecule has 0 bridgehead atoms. The molecule has 0 saturated carbocycles. The molecule has 11 heteroatoms. The zero-order chi connectivity index (χ0) is 28.4. The summed E-state index contributed by atoms with van der Waals surface area (Å²) in [6.07, 6.45) is 2.74. The van der Waals surface area contributed by atoms with E-state index >= 15 is 0 Å². The molecule has 0 aromatic heterocycles. The summed E-state index contributed by atoms with van der Waals surface area (Å²) in [5, 5.41) is 14.9. The second-order valence-corrected chi connectivity index (χ2v) is 11.1. The normalized spacial score (nSPS) is 14.9. The molecule has 1 amide bonds. The minimum atomic E-state index is -3.90. The summed E-state index contributed by atoms with van der Waals surface area (Å²) >= 11 is 0. The first-order chi connectivity index (χ1) is 19.1. The molecule has 40 heavy (non-hydrogen) atoms. The molecule has 0 aliphatic carbocycles. The Bertz CT molecular complexity index is 1790. The second-order valence-electron chi connectivity index (χ2n) is 9.16. The molecule has 1 atom stereocenters. The van der Waals surface area contributed by atoms with Crippen molar-refractivity contribution in [3.05, 3.63) is 124 Å². The van der Waals surface area contributed by atoms with E-state index in [1.807, 2.05) is 78.9 Å². The third-order valence-corrected chi connectivity index (χ3v) is 7.58. The van der Waals surface area contributed by atoms with Crippen molar-refractivity contribution in [3.63, 3.8) is 0 Å². The van der Waals surface area contributed by atoms with Crippen molar-refractivity contribution in [2.24, 2.45) is 0 Å². The molecule has 4 aromatic carbocycles. The minimum Gasteiger partial charge on any atom is -0.452 e. The highest BCUT2D eigenvalue weighted by atomic mass is 32.2. The molecular formula is C29H23N3O7S. The summed E-state index contributed by atoms with van der Waals surface area (Å²) in [4.78, 5) is 35.9. The van der Waals surface area contributed by atoms with Gasteiger partial charge in [0.05, 0.1) is 22.2 Å². The van der Waals surface area contributed by atoms with Gasteiger partial charge in [0.15, 0.2) is 16.4 Å². The van der Waals surface area contributed by atoms with Crippen LogP contribution in [-0.4, -0.2) is 43.1 Å². The third kappa shape index (κ3) is 5.40. The quantitative estimate of drug-likeness (QED) is 0.200. The zero-order valence-corrected chi connectivity index (χ0v) is 22.0. The van der Waals surface area contributed by atoms with Crippen molar-refractivity contribution in [2.75, 3.05) is 12.9 Å². The van der Waals surface area contributed by atoms with Crippen LogP contribution in [0.2, 0.25) is 0 Å². The summed E-state index contributed by atoms with van der Waals surface area (Å²) in [6.45, 7) is -0.657. The molecular weight excluding hydrogens is 534 g/mol. The molecule has 1 N–H and O–H groups in total. The average Bonchev–Trinajstić information content (AvgIpc) is 3.41. The van der Waals surface area contributed by atoms with E-state index in [0.29, 0.717) is 5.70 Å². The van der Waals surface area contributed by atoms with Crippen LogP contribution >= 0.6 is 0 Å². The van der Waals surface area contributed by atoms with E-state index in [4.69, 9.17) is 4.74 Å². The molecule has 1 aliphatic heterocycles. The molecule has 10 nitrogen and oxygen atoms in total. The summed E-state index contributed by atoms with van der Waals surface area (Å²) < 4.78 is 28.9. The van der Waals surface area contributed by atoms with E-state index in [2.05, 4.69) is 5.43 Å². The number of nitro benzene ring substituents is 1. The Morgan fingerprint density at radius 1 is 0.950 bits per heavy atom. The van der Waals surface area contributed by atoms with Gasteiger partial charge in [-0.15, -0.1) is 0 Å². The molecule has 1 heterocycles. The van der Waals surface area contributed by atoms with Crippen LogP contribution < -0.4 is 5.43 Å². The van der Waals surface area contributed by atoms with E-state index in [1.54, 1.807) is 0 Å². The predicted molar refractivity (Wildman–Crippen MR) is 148 cm³/mol. The lowest BCUT2D eigenvalue weighted by Crippen LogP contribution is -2.42. The molecule has 5 rings (SSSR count). The number of ether oxygens (including phenoxy) is 1. The van der Waals surface area contributed by atoms with E-state index in [0.717, 1.165) is 46.4 Å². The Kier molecular flexibility index (Phi) is 7.05. The number of fused-ring (bicyclic) bond motifs is 1. The fourth-order valence-electron chi connectivity index (χ4n) is 4.48. The number of carbonyl (C=O) groups is 2. The molecule has 0 unspecified atom stereocenters. The maximum Gasteiger partial charge on any atom is 0.338 e. The highest BCUT2D eigenvalue weighted by Crippen LogP contribution is 2.32. The van der Waals surface area contributed by atoms with Crippen molar-refractivity contribution in [1.29, 1.82) is 0 Å². The van der Waals surface area contributed by atoms with Gasteiger partial charge in [0.2, 0.25) is 0 Å². The molecule has 4 aromatic rings. The lowest BCUT2D eigenvalue weighted by atomic mass is 10.0. The topological polar surface area (TPSA) is 136 Å². The number of esters is 1. The number of benzene rings is 4. The Morgan fingerprint density at radius 2 is 1.65 bits per heavy atom. The first kappa shape index (κ1) is 26.6. The van der Waals surface area contributed by atoms with Crippen LogP contribution in [0.15, 0.2) is 102 Å². The monoisotopic (exact) mass is 557 g/mol. The molecule has 202 valence electrons. The smallest absolute Gasteiger partial charge is 0.338 e. The number of nitrogens with zero attached hydrogens (tertiary/aromatic N) is 2. The average molecular weight is 558 g/mol. The molecule has 0 saturated heterocycles. The van der Waals surface area contributed by atoms with Crippen LogP contribution in [0.1, 0.15) is 27.5 Å². The lowest BCUT2D eigenvalue weighted by Gasteiger charge is -2.25. The molecule has 0 radical (unpaired) electrons. The number of hydrogen-bond donors (Lipinski definition) is 1. The van der Waals surface area contributed by atoms with Gasteiger partial charge in [-0.3, -0.25) is 20.3 Å². The van der Waals surface area contributed by atoms with E-state index in [9.17, 15) is 28.1 Å². The van der Waals surface area contributed by atoms with Gasteiger partial charge in [-0.25, -0.2) is 18.2 Å². The van der Waals surface area contributed by atoms with Crippen molar-refractivity contribution in [2.45, 2.75) is 10.9 Å². The number of sulfone groups is 1. The van der Waals surface area contributed by atoms with Crippen LogP contribution in [0.4, 0.5) is 5.69 Å². The van der Waals surface area contributed by atoms with Crippen LogP contribution in [0, 0.1) is 10.1 Å². The van der Waals surface area contributed by atoms with Crippen molar-refractivity contribution in [1.82, 2.24) is 10.4 Å². The standard InChI is InChI=1S/C29H23N3O7S/c1-40(37,38)27-14-13-23(16-26(27)32(35)36)29(34)39-18-28(33)31-25(20-8-3-2-4-9-20)17-24(30-31)22-12-11-19-7-5-6-10-21(19)15-22/h2-17,25,30H,18H2,1H3/t25-/m0/s1. The van der Waals surface area contributed by atoms with Crippen LogP contribution in [0.3, 0.4) is 0 Å². The Morgan fingerprint density at radius 3 is 2.35 bits per heavy atom. The summed E-state index contributed by atoms with van der Waals surface area (Å²) in [5.74, 6) is -1.56. The SMILES string of the molecule is CS(=O)(=O)c1ccc(C(=O)OCC(=O)N2NC(c3ccc4ccccc4c3)=C[C@H]2c2ccccc2)cc1[N+](=O)[O-]. The number of hydrazine groups is 1. The van der Waals surface area contributed by atoms with Crippen molar-refractivity contribution in [3.8, 4) is 0 Å². The summed E-state index contributed by atoms with van der Waals surface area (Å²) in [7, 11) is -3.90. The van der Waals surface area contributed by atoms with Gasteiger partial charge in [0.1, 0.15) is 4.90 Å². The first-order valence-electron chi connectivity index (χ1n) is 12.1. The number of rotatable bonds is 7. The fraction of sp³-hybridized carbons (Fsp3) is 0.103. The Balaban J connectivity index is 1.36. The molecule has 0 spiro atoms. The number of carbonyl (C=O) groups excluding carboxylic acids is 2. The van der Waals surface area contributed by atoms with Crippen LogP contribution in [0.5, 0.6) is 0 Å². The van der Waals surface area contributed by atoms with Gasteiger partial charge in [-0.2, -0.15) is 0 Å². The van der Waals surface area contributed by atoms with E-state index in [1.165, 1.54) is 5.01 Å². The van der Waals surface area contributed by atoms with Crippen molar-refractivity contribution < 1.29 is 27.7 Å². The highest BCUT2D eigenvalue weighted by molar-refractivity contribution is 7.90. The maximum atomic E-state index is 13.3. The van der Waals surface area contributed by atoms with E-state index < -0.39 is 49.9 Å². The maximum absolute atomic E-state index is 13.3. The second kappa shape index (κ2) is 10.6. The minimum absolute atomic E-state index is 0.254. The van der Waals surface area contributed by atoms with Gasteiger partial charge in [-0.05, 0) is 46.2 Å². The van der Waals surface area contributed by atoms with Gasteiger partial charge in [-0.1, -0.05) is 66.7 Å². The number of nitrogens with one attached hydrogen (secondary N) is 1. The van der Waals surface area contributed by atoms with Crippen LogP contribution in [0.25, 0.3) is 16.5 Å². The molecule has 1 aliphatic rings. The fourth-order valence-corrected chi connectivity index (χ4v) is 5.31. The number of nitro groups is 1. The predicted octanol–water partition coefficient (Wildman–Crippen LogP) is 4.44. The Labute approximate surface area is 229 Å². The largest absolute Gasteiger partial charge is 0.452 e. The van der Waals surface area contributed by atoms with Crippen LogP contribution in [-0.2, 0) is 19.4 Å².